The molecule has 0 bridgehead atoms. The second-order valence-corrected chi connectivity index (χ2v) is 5.04. The summed E-state index contributed by atoms with van der Waals surface area (Å²) in [5.74, 6) is -1.06. The number of likely N-dealkylation sites (tertiary alicyclic amines) is 1. The highest BCUT2D eigenvalue weighted by Crippen LogP contribution is 2.22. The number of amides is 2. The Bertz CT molecular complexity index is 310. The van der Waals surface area contributed by atoms with Crippen molar-refractivity contribution in [3.8, 4) is 0 Å². The van der Waals surface area contributed by atoms with E-state index in [0.717, 1.165) is 19.5 Å². The first kappa shape index (κ1) is 15.8. The van der Waals surface area contributed by atoms with E-state index in [1.807, 2.05) is 13.8 Å². The average Bonchev–Trinajstić information content (AvgIpc) is 2.38. The highest BCUT2D eigenvalue weighted by molar-refractivity contribution is 5.75. The van der Waals surface area contributed by atoms with Gasteiger partial charge in [-0.2, -0.15) is 0 Å². The van der Waals surface area contributed by atoms with Gasteiger partial charge in [-0.05, 0) is 39.3 Å². The van der Waals surface area contributed by atoms with E-state index in [4.69, 9.17) is 5.11 Å². The molecule has 0 spiro atoms. The molecule has 110 valence electrons. The number of nitrogens with one attached hydrogen (secondary N) is 2. The van der Waals surface area contributed by atoms with Crippen molar-refractivity contribution in [1.29, 1.82) is 0 Å². The summed E-state index contributed by atoms with van der Waals surface area (Å²) >= 11 is 0. The molecule has 0 aromatic rings. The van der Waals surface area contributed by atoms with Crippen molar-refractivity contribution in [2.45, 2.75) is 39.2 Å². The quantitative estimate of drug-likeness (QED) is 0.626. The molecule has 2 atom stereocenters. The second-order valence-electron chi connectivity index (χ2n) is 5.04. The Balaban J connectivity index is 2.27. The van der Waals surface area contributed by atoms with Gasteiger partial charge in [0.25, 0.3) is 0 Å². The molecule has 1 rings (SSSR count). The van der Waals surface area contributed by atoms with E-state index in [9.17, 15) is 9.59 Å². The van der Waals surface area contributed by atoms with Gasteiger partial charge in [-0.25, -0.2) is 4.79 Å². The maximum Gasteiger partial charge on any atom is 0.317 e. The minimum atomic E-state index is -0.752. The molecule has 1 aliphatic rings. The lowest BCUT2D eigenvalue weighted by Crippen LogP contribution is -2.50. The van der Waals surface area contributed by atoms with Crippen LogP contribution in [0.5, 0.6) is 0 Å². The third-order valence-electron chi connectivity index (χ3n) is 3.54. The zero-order valence-corrected chi connectivity index (χ0v) is 11.8. The summed E-state index contributed by atoms with van der Waals surface area (Å²) < 4.78 is 0. The topological polar surface area (TPSA) is 81.7 Å². The zero-order valence-electron chi connectivity index (χ0n) is 11.8. The van der Waals surface area contributed by atoms with Crippen LogP contribution in [0.15, 0.2) is 0 Å². The highest BCUT2D eigenvalue weighted by atomic mass is 16.4. The Hall–Kier alpha value is -1.30. The fraction of sp³-hybridized carbons (Fsp3) is 0.846. The highest BCUT2D eigenvalue weighted by Gasteiger charge is 2.31. The first-order valence-corrected chi connectivity index (χ1v) is 7.04. The fourth-order valence-electron chi connectivity index (χ4n) is 2.39. The molecule has 0 aliphatic carbocycles. The third kappa shape index (κ3) is 5.06. The normalized spacial score (nSPS) is 23.2. The van der Waals surface area contributed by atoms with Gasteiger partial charge in [0, 0.05) is 19.1 Å². The van der Waals surface area contributed by atoms with Gasteiger partial charge < -0.3 is 20.6 Å². The number of carboxylic acid groups (broad SMARTS) is 1. The van der Waals surface area contributed by atoms with Crippen molar-refractivity contribution in [2.75, 3.05) is 26.2 Å². The molecule has 0 aromatic carbocycles. The van der Waals surface area contributed by atoms with Crippen molar-refractivity contribution < 1.29 is 14.7 Å². The molecule has 1 heterocycles. The van der Waals surface area contributed by atoms with Gasteiger partial charge in [-0.1, -0.05) is 6.92 Å². The first-order valence-electron chi connectivity index (χ1n) is 7.04. The monoisotopic (exact) mass is 271 g/mol. The van der Waals surface area contributed by atoms with Crippen LogP contribution in [0.3, 0.4) is 0 Å². The molecule has 19 heavy (non-hydrogen) atoms. The van der Waals surface area contributed by atoms with Crippen LogP contribution in [-0.2, 0) is 4.79 Å². The second kappa shape index (κ2) is 7.99. The molecule has 2 amide bonds. The minimum absolute atomic E-state index is 0.0105. The fourth-order valence-corrected chi connectivity index (χ4v) is 2.39. The number of aliphatic carboxylic acids is 1. The predicted molar refractivity (Wildman–Crippen MR) is 73.1 cm³/mol. The van der Waals surface area contributed by atoms with E-state index < -0.39 is 5.97 Å². The van der Waals surface area contributed by atoms with Crippen LogP contribution in [0.2, 0.25) is 0 Å². The largest absolute Gasteiger partial charge is 0.481 e. The molecule has 2 unspecified atom stereocenters. The molecule has 6 heteroatoms. The molecular formula is C13H25N3O3. The van der Waals surface area contributed by atoms with Gasteiger partial charge in [-0.15, -0.1) is 0 Å². The van der Waals surface area contributed by atoms with Crippen LogP contribution in [0.1, 0.15) is 33.1 Å². The van der Waals surface area contributed by atoms with E-state index in [2.05, 4.69) is 10.6 Å². The van der Waals surface area contributed by atoms with Gasteiger partial charge >= 0.3 is 12.0 Å². The van der Waals surface area contributed by atoms with Crippen molar-refractivity contribution in [3.05, 3.63) is 0 Å². The van der Waals surface area contributed by atoms with Crippen LogP contribution in [0.25, 0.3) is 0 Å². The standard InChI is InChI=1S/C13H25N3O3/c1-3-14-6-4-7-15-13(19)16-8-5-11(12(17)18)9-10(16)2/h10-11,14H,3-9H2,1-2H3,(H,15,19)(H,17,18). The summed E-state index contributed by atoms with van der Waals surface area (Å²) in [5, 5.41) is 15.1. The minimum Gasteiger partial charge on any atom is -0.481 e. The third-order valence-corrected chi connectivity index (χ3v) is 3.54. The van der Waals surface area contributed by atoms with Crippen molar-refractivity contribution in [2.24, 2.45) is 5.92 Å². The number of carbonyl (C=O) groups excluding carboxylic acids is 1. The van der Waals surface area contributed by atoms with Crippen LogP contribution in [0.4, 0.5) is 4.79 Å². The molecule has 3 N–H and O–H groups in total. The van der Waals surface area contributed by atoms with E-state index in [1.54, 1.807) is 4.90 Å². The summed E-state index contributed by atoms with van der Waals surface area (Å²) in [6, 6.07) is -0.0866. The van der Waals surface area contributed by atoms with Crippen LogP contribution < -0.4 is 10.6 Å². The van der Waals surface area contributed by atoms with Gasteiger partial charge in [0.15, 0.2) is 0 Å². The lowest BCUT2D eigenvalue weighted by Gasteiger charge is -2.36. The van der Waals surface area contributed by atoms with Crippen LogP contribution in [-0.4, -0.2) is 54.2 Å². The Morgan fingerprint density at radius 1 is 1.37 bits per heavy atom. The van der Waals surface area contributed by atoms with E-state index >= 15 is 0 Å². The lowest BCUT2D eigenvalue weighted by atomic mass is 9.92. The maximum atomic E-state index is 12.0. The number of rotatable bonds is 6. The van der Waals surface area contributed by atoms with Gasteiger partial charge in [0.05, 0.1) is 5.92 Å². The number of hydrogen-bond donors (Lipinski definition) is 3. The first-order chi connectivity index (χ1) is 9.06. The number of carboxylic acids is 1. The lowest BCUT2D eigenvalue weighted by molar-refractivity contribution is -0.143. The van der Waals surface area contributed by atoms with Gasteiger partial charge in [-0.3, -0.25) is 4.79 Å². The van der Waals surface area contributed by atoms with Crippen LogP contribution in [0, 0.1) is 5.92 Å². The average molecular weight is 271 g/mol. The Morgan fingerprint density at radius 2 is 2.11 bits per heavy atom. The van der Waals surface area contributed by atoms with Crippen molar-refractivity contribution >= 4 is 12.0 Å². The van der Waals surface area contributed by atoms with Crippen molar-refractivity contribution in [1.82, 2.24) is 15.5 Å². The molecule has 0 saturated carbocycles. The van der Waals surface area contributed by atoms with Crippen molar-refractivity contribution in [3.63, 3.8) is 0 Å². The summed E-state index contributed by atoms with van der Waals surface area (Å²) in [7, 11) is 0. The van der Waals surface area contributed by atoms with Crippen LogP contribution >= 0.6 is 0 Å². The summed E-state index contributed by atoms with van der Waals surface area (Å²) in [4.78, 5) is 24.6. The number of piperidine rings is 1. The van der Waals surface area contributed by atoms with Gasteiger partial charge in [0.1, 0.15) is 0 Å². The van der Waals surface area contributed by atoms with Gasteiger partial charge in [0.2, 0.25) is 0 Å². The predicted octanol–water partition coefficient (Wildman–Crippen LogP) is 0.881. The van der Waals surface area contributed by atoms with E-state index in [1.165, 1.54) is 0 Å². The maximum absolute atomic E-state index is 12.0. The molecule has 1 aliphatic heterocycles. The van der Waals surface area contributed by atoms with E-state index in [-0.39, 0.29) is 18.0 Å². The number of hydrogen-bond acceptors (Lipinski definition) is 3. The smallest absolute Gasteiger partial charge is 0.317 e. The Labute approximate surface area is 114 Å². The number of carbonyl (C=O) groups is 2. The summed E-state index contributed by atoms with van der Waals surface area (Å²) in [6.07, 6.45) is 1.99. The zero-order chi connectivity index (χ0) is 14.3. The molecule has 1 saturated heterocycles. The molecule has 0 aromatic heterocycles. The molecule has 0 radical (unpaired) electrons. The summed E-state index contributed by atoms with van der Waals surface area (Å²) in [6.45, 7) is 6.97. The number of nitrogens with zero attached hydrogens (tertiary/aromatic N) is 1. The molecule has 6 nitrogen and oxygen atoms in total. The summed E-state index contributed by atoms with van der Waals surface area (Å²) in [5.41, 5.74) is 0. The molecule has 1 fully saturated rings. The Kier molecular flexibility index (Phi) is 6.62. The molecular weight excluding hydrogens is 246 g/mol. The SMILES string of the molecule is CCNCCCNC(=O)N1CCC(C(=O)O)CC1C. The number of urea groups is 1. The van der Waals surface area contributed by atoms with E-state index in [0.29, 0.717) is 25.9 Å². The Morgan fingerprint density at radius 3 is 2.68 bits per heavy atom.